The molecule has 6 nitrogen and oxygen atoms in total. The summed E-state index contributed by atoms with van der Waals surface area (Å²) in [6.45, 7) is 11.1. The first-order valence-electron chi connectivity index (χ1n) is 12.0. The highest BCUT2D eigenvalue weighted by Gasteiger charge is 2.08. The van der Waals surface area contributed by atoms with E-state index >= 15 is 0 Å². The second kappa shape index (κ2) is 18.3. The van der Waals surface area contributed by atoms with Gasteiger partial charge in [-0.1, -0.05) is 46.0 Å². The Morgan fingerprint density at radius 3 is 1.90 bits per heavy atom. The fraction of sp³-hybridized carbons (Fsp3) is 0.875. The van der Waals surface area contributed by atoms with E-state index in [0.717, 1.165) is 64.3 Å². The van der Waals surface area contributed by atoms with Crippen molar-refractivity contribution in [3.8, 4) is 0 Å². The van der Waals surface area contributed by atoms with E-state index in [1.807, 2.05) is 27.7 Å². The molecule has 3 N–H and O–H groups in total. The minimum atomic E-state index is 0.0440. The molecule has 1 atom stereocenters. The van der Waals surface area contributed by atoms with E-state index in [-0.39, 0.29) is 29.8 Å². The van der Waals surface area contributed by atoms with Crippen molar-refractivity contribution in [2.75, 3.05) is 13.1 Å². The Morgan fingerprint density at radius 1 is 0.667 bits per heavy atom. The molecule has 0 saturated heterocycles. The van der Waals surface area contributed by atoms with E-state index in [0.29, 0.717) is 25.2 Å². The summed E-state index contributed by atoms with van der Waals surface area (Å²) >= 11 is 0. The molecule has 6 heteroatoms. The minimum absolute atomic E-state index is 0.0440. The number of amides is 2. The molecule has 0 aromatic carbocycles. The summed E-state index contributed by atoms with van der Waals surface area (Å²) in [5, 5.41) is 9.12. The first kappa shape index (κ1) is 28.6. The molecule has 0 aromatic rings. The zero-order chi connectivity index (χ0) is 22.8. The molecule has 0 saturated carbocycles. The third-order valence-corrected chi connectivity index (χ3v) is 5.10. The largest absolute Gasteiger partial charge is 0.354 e. The van der Waals surface area contributed by atoms with Crippen LogP contribution >= 0.6 is 0 Å². The Labute approximate surface area is 184 Å². The monoisotopic (exact) mass is 425 g/mol. The van der Waals surface area contributed by atoms with Crippen LogP contribution in [0.1, 0.15) is 105 Å². The van der Waals surface area contributed by atoms with Crippen LogP contribution in [0.5, 0.6) is 0 Å². The average Bonchev–Trinajstić information content (AvgIpc) is 2.65. The van der Waals surface area contributed by atoms with Gasteiger partial charge < -0.3 is 16.0 Å². The van der Waals surface area contributed by atoms with Crippen molar-refractivity contribution in [1.82, 2.24) is 16.0 Å². The van der Waals surface area contributed by atoms with Crippen LogP contribution < -0.4 is 16.0 Å². The van der Waals surface area contributed by atoms with Gasteiger partial charge in [-0.3, -0.25) is 14.4 Å². The van der Waals surface area contributed by atoms with Gasteiger partial charge in [0.1, 0.15) is 5.78 Å². The Hall–Kier alpha value is -1.43. The number of Topliss-reactive ketones (excluding diaryl/α,β-unsaturated/α-hetero) is 1. The molecule has 1 unspecified atom stereocenters. The molecule has 2 amide bonds. The van der Waals surface area contributed by atoms with E-state index in [9.17, 15) is 14.4 Å². The number of rotatable bonds is 19. The van der Waals surface area contributed by atoms with E-state index < -0.39 is 0 Å². The normalized spacial score (nSPS) is 12.2. The summed E-state index contributed by atoms with van der Waals surface area (Å²) in [6, 6.07) is 0.395. The standard InChI is InChI=1S/C24H47N3O3/c1-19(2)22(28)15-11-7-6-8-12-16-23(29)27-21(5)14-10-9-13-17-25-18-24(30)26-20(3)4/h19-21,25H,6-18H2,1-5H3,(H,26,30)(H,27,29). The summed E-state index contributed by atoms with van der Waals surface area (Å²) in [4.78, 5) is 35.1. The Bertz CT molecular complexity index is 478. The first-order valence-corrected chi connectivity index (χ1v) is 12.0. The zero-order valence-electron chi connectivity index (χ0n) is 20.1. The molecule has 0 radical (unpaired) electrons. The Kier molecular flexibility index (Phi) is 17.5. The molecule has 0 aliphatic heterocycles. The van der Waals surface area contributed by atoms with Gasteiger partial charge in [-0.2, -0.15) is 0 Å². The maximum atomic E-state index is 12.0. The van der Waals surface area contributed by atoms with Crippen molar-refractivity contribution < 1.29 is 14.4 Å². The van der Waals surface area contributed by atoms with Gasteiger partial charge in [0.05, 0.1) is 6.54 Å². The van der Waals surface area contributed by atoms with Gasteiger partial charge in [-0.15, -0.1) is 0 Å². The van der Waals surface area contributed by atoms with Crippen molar-refractivity contribution in [1.29, 1.82) is 0 Å². The lowest BCUT2D eigenvalue weighted by Crippen LogP contribution is -2.37. The summed E-state index contributed by atoms with van der Waals surface area (Å²) in [7, 11) is 0. The molecule has 0 aromatic heterocycles. The maximum Gasteiger partial charge on any atom is 0.234 e. The topological polar surface area (TPSA) is 87.3 Å². The molecule has 176 valence electrons. The highest BCUT2D eigenvalue weighted by molar-refractivity contribution is 5.80. The molecule has 0 rings (SSSR count). The third-order valence-electron chi connectivity index (χ3n) is 5.10. The number of ketones is 1. The van der Waals surface area contributed by atoms with Gasteiger partial charge in [-0.25, -0.2) is 0 Å². The second-order valence-electron chi connectivity index (χ2n) is 9.11. The first-order chi connectivity index (χ1) is 14.2. The summed E-state index contributed by atoms with van der Waals surface area (Å²) in [5.74, 6) is 0.696. The van der Waals surface area contributed by atoms with Crippen LogP contribution in [-0.4, -0.2) is 42.8 Å². The smallest absolute Gasteiger partial charge is 0.234 e. The highest BCUT2D eigenvalue weighted by Crippen LogP contribution is 2.10. The van der Waals surface area contributed by atoms with Gasteiger partial charge >= 0.3 is 0 Å². The predicted molar refractivity (Wildman–Crippen MR) is 124 cm³/mol. The van der Waals surface area contributed by atoms with E-state index in [4.69, 9.17) is 0 Å². The van der Waals surface area contributed by atoms with Crippen LogP contribution in [0.25, 0.3) is 0 Å². The van der Waals surface area contributed by atoms with Crippen molar-refractivity contribution in [2.24, 2.45) is 5.92 Å². The van der Waals surface area contributed by atoms with Crippen LogP contribution in [0, 0.1) is 5.92 Å². The second-order valence-corrected chi connectivity index (χ2v) is 9.11. The summed E-state index contributed by atoms with van der Waals surface area (Å²) in [5.41, 5.74) is 0. The molecule has 0 aliphatic rings. The van der Waals surface area contributed by atoms with Crippen LogP contribution in [0.15, 0.2) is 0 Å². The van der Waals surface area contributed by atoms with Gasteiger partial charge in [0.15, 0.2) is 0 Å². The van der Waals surface area contributed by atoms with Crippen LogP contribution in [0.3, 0.4) is 0 Å². The van der Waals surface area contributed by atoms with Crippen molar-refractivity contribution >= 4 is 17.6 Å². The van der Waals surface area contributed by atoms with Gasteiger partial charge in [0.25, 0.3) is 0 Å². The number of unbranched alkanes of at least 4 members (excludes halogenated alkanes) is 6. The van der Waals surface area contributed by atoms with Crippen LogP contribution in [0.4, 0.5) is 0 Å². The molecule has 0 fully saturated rings. The van der Waals surface area contributed by atoms with Gasteiger partial charge in [0, 0.05) is 30.8 Å². The molecular formula is C24H47N3O3. The number of carbonyl (C=O) groups excluding carboxylic acids is 3. The van der Waals surface area contributed by atoms with Crippen molar-refractivity contribution in [2.45, 2.75) is 117 Å². The SMILES string of the molecule is CC(C)NC(=O)CNCCCCCC(C)NC(=O)CCCCCCCC(=O)C(C)C. The van der Waals surface area contributed by atoms with Crippen LogP contribution in [-0.2, 0) is 14.4 Å². The predicted octanol–water partition coefficient (Wildman–Crippen LogP) is 4.12. The molecule has 0 aliphatic carbocycles. The molecule has 0 heterocycles. The van der Waals surface area contributed by atoms with E-state index in [1.165, 1.54) is 0 Å². The van der Waals surface area contributed by atoms with Crippen molar-refractivity contribution in [3.63, 3.8) is 0 Å². The third kappa shape index (κ3) is 18.6. The number of carbonyl (C=O) groups is 3. The van der Waals surface area contributed by atoms with Gasteiger partial charge in [-0.05, 0) is 53.0 Å². The van der Waals surface area contributed by atoms with Gasteiger partial charge in [0.2, 0.25) is 11.8 Å². The summed E-state index contributed by atoms with van der Waals surface area (Å²) < 4.78 is 0. The quantitative estimate of drug-likeness (QED) is 0.272. The molecule has 0 spiro atoms. The highest BCUT2D eigenvalue weighted by atomic mass is 16.2. The van der Waals surface area contributed by atoms with E-state index in [2.05, 4.69) is 22.9 Å². The average molecular weight is 426 g/mol. The van der Waals surface area contributed by atoms with E-state index in [1.54, 1.807) is 0 Å². The molecular weight excluding hydrogens is 378 g/mol. The Morgan fingerprint density at radius 2 is 1.27 bits per heavy atom. The fourth-order valence-electron chi connectivity index (χ4n) is 3.28. The maximum absolute atomic E-state index is 12.0. The molecule has 30 heavy (non-hydrogen) atoms. The minimum Gasteiger partial charge on any atom is -0.354 e. The number of hydrogen-bond donors (Lipinski definition) is 3. The fourth-order valence-corrected chi connectivity index (χ4v) is 3.28. The number of nitrogens with one attached hydrogen (secondary N) is 3. The van der Waals surface area contributed by atoms with Crippen molar-refractivity contribution in [3.05, 3.63) is 0 Å². The number of hydrogen-bond acceptors (Lipinski definition) is 4. The Balaban J connectivity index is 3.49. The van der Waals surface area contributed by atoms with Crippen LogP contribution in [0.2, 0.25) is 0 Å². The molecule has 0 bridgehead atoms. The zero-order valence-corrected chi connectivity index (χ0v) is 20.1. The lowest BCUT2D eigenvalue weighted by Gasteiger charge is -2.14. The lowest BCUT2D eigenvalue weighted by atomic mass is 10.0. The summed E-state index contributed by atoms with van der Waals surface area (Å²) in [6.07, 6.45) is 10.6. The lowest BCUT2D eigenvalue weighted by molar-refractivity contribution is -0.122.